The summed E-state index contributed by atoms with van der Waals surface area (Å²) in [6.07, 6.45) is 4.85. The van der Waals surface area contributed by atoms with Crippen molar-refractivity contribution >= 4 is 21.7 Å². The van der Waals surface area contributed by atoms with Gasteiger partial charge in [-0.25, -0.2) is 0 Å². The summed E-state index contributed by atoms with van der Waals surface area (Å²) >= 11 is 3.81. The van der Waals surface area contributed by atoms with Gasteiger partial charge in [-0.1, -0.05) is 78.2 Å². The van der Waals surface area contributed by atoms with Crippen LogP contribution in [-0.2, 0) is 12.8 Å². The van der Waals surface area contributed by atoms with E-state index in [9.17, 15) is 4.79 Å². The zero-order valence-electron chi connectivity index (χ0n) is 17.6. The van der Waals surface area contributed by atoms with Gasteiger partial charge in [0.1, 0.15) is 5.75 Å². The maximum atomic E-state index is 13.2. The maximum Gasteiger partial charge on any atom is 0.166 e. The highest BCUT2D eigenvalue weighted by Gasteiger charge is 2.34. The molecule has 1 atom stereocenters. The van der Waals surface area contributed by atoms with Crippen molar-refractivity contribution in [3.05, 3.63) is 87.4 Å². The highest BCUT2D eigenvalue weighted by atomic mass is 79.9. The summed E-state index contributed by atoms with van der Waals surface area (Å²) in [6.45, 7) is 2.18. The summed E-state index contributed by atoms with van der Waals surface area (Å²) in [5.74, 6) is 1.25. The summed E-state index contributed by atoms with van der Waals surface area (Å²) in [5.41, 5.74) is 6.96. The Hall–Kier alpha value is -2.39. The number of fused-ring (bicyclic) bond motifs is 1. The number of ether oxygens (including phenoxy) is 1. The molecule has 3 aromatic rings. The van der Waals surface area contributed by atoms with E-state index in [0.717, 1.165) is 53.5 Å². The first-order valence-electron chi connectivity index (χ1n) is 10.7. The highest BCUT2D eigenvalue weighted by Crippen LogP contribution is 2.43. The van der Waals surface area contributed by atoms with Crippen LogP contribution >= 0.6 is 15.9 Å². The third-order valence-electron chi connectivity index (χ3n) is 6.08. The number of Topliss-reactive ketones (excluding diaryl/α,β-unsaturated/α-hetero) is 1. The molecule has 0 heterocycles. The van der Waals surface area contributed by atoms with Gasteiger partial charge in [0.2, 0.25) is 0 Å². The lowest BCUT2D eigenvalue weighted by molar-refractivity contribution is 0.0929. The molecule has 1 aliphatic rings. The second kappa shape index (κ2) is 9.18. The standard InChI is InChI=1S/C27H27BrO2/c1-3-4-10-20-16-22-23(27(20)29)17-25(28)24(15-18-8-6-5-7-9-18)26(22)19-11-13-21(30-2)14-12-19/h5-9,11-14,17,20H,3-4,10,15-16H2,1-2H3. The lowest BCUT2D eigenvalue weighted by Gasteiger charge is -2.18. The lowest BCUT2D eigenvalue weighted by atomic mass is 9.88. The number of unbranched alkanes of at least 4 members (excludes halogenated alkanes) is 1. The molecule has 0 aromatic heterocycles. The second-order valence-electron chi connectivity index (χ2n) is 8.04. The van der Waals surface area contributed by atoms with Gasteiger partial charge in [-0.05, 0) is 65.3 Å². The fourth-order valence-electron chi connectivity index (χ4n) is 4.49. The minimum atomic E-state index is 0.107. The number of methoxy groups -OCH3 is 1. The average molecular weight is 463 g/mol. The van der Waals surface area contributed by atoms with Gasteiger partial charge in [0.15, 0.2) is 5.78 Å². The normalized spacial score (nSPS) is 15.3. The molecule has 3 aromatic carbocycles. The number of carbonyl (C=O) groups is 1. The largest absolute Gasteiger partial charge is 0.497 e. The molecule has 0 fully saturated rings. The van der Waals surface area contributed by atoms with Gasteiger partial charge in [-0.2, -0.15) is 0 Å². The molecule has 0 radical (unpaired) electrons. The Balaban J connectivity index is 1.85. The maximum absolute atomic E-state index is 13.2. The Bertz CT molecular complexity index is 1040. The molecule has 2 nitrogen and oxygen atoms in total. The third kappa shape index (κ3) is 4.09. The van der Waals surface area contributed by atoms with E-state index in [1.807, 2.05) is 18.2 Å². The molecule has 0 N–H and O–H groups in total. The zero-order valence-corrected chi connectivity index (χ0v) is 19.2. The molecule has 0 aliphatic heterocycles. The number of hydrogen-bond donors (Lipinski definition) is 0. The van der Waals surface area contributed by atoms with Crippen molar-refractivity contribution in [3.63, 3.8) is 0 Å². The minimum Gasteiger partial charge on any atom is -0.497 e. The van der Waals surface area contributed by atoms with Gasteiger partial charge in [0.25, 0.3) is 0 Å². The van der Waals surface area contributed by atoms with Crippen molar-refractivity contribution in [3.8, 4) is 16.9 Å². The van der Waals surface area contributed by atoms with Gasteiger partial charge >= 0.3 is 0 Å². The predicted octanol–water partition coefficient (Wildman–Crippen LogP) is 7.26. The smallest absolute Gasteiger partial charge is 0.166 e. The van der Waals surface area contributed by atoms with Crippen LogP contribution in [0.25, 0.3) is 11.1 Å². The first kappa shape index (κ1) is 20.9. The summed E-state index contributed by atoms with van der Waals surface area (Å²) in [4.78, 5) is 13.2. The fraction of sp³-hybridized carbons (Fsp3) is 0.296. The van der Waals surface area contributed by atoms with Crippen molar-refractivity contribution in [1.82, 2.24) is 0 Å². The third-order valence-corrected chi connectivity index (χ3v) is 6.79. The van der Waals surface area contributed by atoms with E-state index in [1.165, 1.54) is 22.3 Å². The average Bonchev–Trinajstić information content (AvgIpc) is 3.08. The Kier molecular flexibility index (Phi) is 6.38. The van der Waals surface area contributed by atoms with Crippen LogP contribution in [0.1, 0.15) is 53.2 Å². The number of ketones is 1. The van der Waals surface area contributed by atoms with Crippen LogP contribution in [0.2, 0.25) is 0 Å². The Morgan fingerprint density at radius 2 is 1.80 bits per heavy atom. The van der Waals surface area contributed by atoms with E-state index in [-0.39, 0.29) is 5.92 Å². The molecule has 3 heteroatoms. The van der Waals surface area contributed by atoms with Gasteiger partial charge in [-0.3, -0.25) is 4.79 Å². The van der Waals surface area contributed by atoms with Crippen LogP contribution < -0.4 is 4.74 Å². The van der Waals surface area contributed by atoms with Gasteiger partial charge in [0, 0.05) is 16.0 Å². The van der Waals surface area contributed by atoms with Gasteiger partial charge in [-0.15, -0.1) is 0 Å². The summed E-state index contributed by atoms with van der Waals surface area (Å²) < 4.78 is 6.38. The zero-order chi connectivity index (χ0) is 21.1. The topological polar surface area (TPSA) is 26.3 Å². The molecule has 0 bridgehead atoms. The first-order valence-corrected chi connectivity index (χ1v) is 11.5. The SMILES string of the molecule is CCCCC1Cc2c(cc(Br)c(Cc3ccccc3)c2-c2ccc(OC)cc2)C1=O. The van der Waals surface area contributed by atoms with Crippen LogP contribution in [-0.4, -0.2) is 12.9 Å². The van der Waals surface area contributed by atoms with Gasteiger partial charge in [0.05, 0.1) is 7.11 Å². The molecule has 4 rings (SSSR count). The molecule has 0 spiro atoms. The van der Waals surface area contributed by atoms with Crippen LogP contribution in [0.15, 0.2) is 65.1 Å². The van der Waals surface area contributed by atoms with E-state index in [4.69, 9.17) is 4.74 Å². The van der Waals surface area contributed by atoms with Gasteiger partial charge < -0.3 is 4.74 Å². The van der Waals surface area contributed by atoms with Crippen LogP contribution in [0.5, 0.6) is 5.75 Å². The van der Waals surface area contributed by atoms with E-state index >= 15 is 0 Å². The summed E-state index contributed by atoms with van der Waals surface area (Å²) in [6, 6.07) is 20.8. The number of rotatable bonds is 7. The Labute approximate surface area is 187 Å². The lowest BCUT2D eigenvalue weighted by Crippen LogP contribution is -2.08. The van der Waals surface area contributed by atoms with Crippen LogP contribution in [0, 0.1) is 5.92 Å². The highest BCUT2D eigenvalue weighted by molar-refractivity contribution is 9.10. The molecule has 30 heavy (non-hydrogen) atoms. The quantitative estimate of drug-likeness (QED) is 0.369. The molecule has 0 amide bonds. The van der Waals surface area contributed by atoms with E-state index in [1.54, 1.807) is 7.11 Å². The van der Waals surface area contributed by atoms with Crippen molar-refractivity contribution in [2.24, 2.45) is 5.92 Å². The number of halogens is 1. The van der Waals surface area contributed by atoms with Crippen LogP contribution in [0.4, 0.5) is 0 Å². The predicted molar refractivity (Wildman–Crippen MR) is 126 cm³/mol. The molecule has 154 valence electrons. The van der Waals surface area contributed by atoms with Crippen molar-refractivity contribution in [1.29, 1.82) is 0 Å². The first-order chi connectivity index (χ1) is 14.6. The Morgan fingerprint density at radius 3 is 2.47 bits per heavy atom. The Morgan fingerprint density at radius 1 is 1.07 bits per heavy atom. The second-order valence-corrected chi connectivity index (χ2v) is 8.89. The van der Waals surface area contributed by atoms with E-state index < -0.39 is 0 Å². The molecular weight excluding hydrogens is 436 g/mol. The molecule has 0 saturated heterocycles. The number of hydrogen-bond acceptors (Lipinski definition) is 2. The molecule has 1 aliphatic carbocycles. The summed E-state index contributed by atoms with van der Waals surface area (Å²) in [5, 5.41) is 0. The molecule has 0 saturated carbocycles. The van der Waals surface area contributed by atoms with E-state index in [0.29, 0.717) is 5.78 Å². The number of benzene rings is 3. The van der Waals surface area contributed by atoms with Crippen molar-refractivity contribution < 1.29 is 9.53 Å². The van der Waals surface area contributed by atoms with Crippen LogP contribution in [0.3, 0.4) is 0 Å². The fourth-order valence-corrected chi connectivity index (χ4v) is 5.06. The van der Waals surface area contributed by atoms with E-state index in [2.05, 4.69) is 65.3 Å². The minimum absolute atomic E-state index is 0.107. The monoisotopic (exact) mass is 462 g/mol. The summed E-state index contributed by atoms with van der Waals surface area (Å²) in [7, 11) is 1.68. The van der Waals surface area contributed by atoms with Crippen molar-refractivity contribution in [2.45, 2.75) is 39.0 Å². The van der Waals surface area contributed by atoms with Crippen molar-refractivity contribution in [2.75, 3.05) is 7.11 Å². The molecule has 1 unspecified atom stereocenters. The number of carbonyl (C=O) groups excluding carboxylic acids is 1. The molecular formula is C27H27BrO2.